The van der Waals surface area contributed by atoms with E-state index in [9.17, 15) is 8.42 Å². The summed E-state index contributed by atoms with van der Waals surface area (Å²) in [5, 5.41) is 3.03. The number of anilines is 1. The van der Waals surface area contributed by atoms with Crippen molar-refractivity contribution in [2.45, 2.75) is 30.3 Å². The first-order chi connectivity index (χ1) is 9.12. The van der Waals surface area contributed by atoms with Gasteiger partial charge in [0.05, 0.1) is 0 Å². The summed E-state index contributed by atoms with van der Waals surface area (Å²) in [5.41, 5.74) is 0.612. The predicted molar refractivity (Wildman–Crippen MR) is 72.7 cm³/mol. The van der Waals surface area contributed by atoms with Gasteiger partial charge < -0.3 is 5.32 Å². The number of pyridine rings is 1. The smallest absolute Gasteiger partial charge is 0.260 e. The van der Waals surface area contributed by atoms with Gasteiger partial charge >= 0.3 is 0 Å². The molecule has 2 aromatic heterocycles. The summed E-state index contributed by atoms with van der Waals surface area (Å²) < 4.78 is 29.3. The predicted octanol–water partition coefficient (Wildman–Crippen LogP) is 1.21. The second kappa shape index (κ2) is 4.50. The van der Waals surface area contributed by atoms with Crippen LogP contribution in [0, 0.1) is 0 Å². The van der Waals surface area contributed by atoms with E-state index in [2.05, 4.69) is 15.0 Å². The quantitative estimate of drug-likeness (QED) is 0.882. The third-order valence-electron chi connectivity index (χ3n) is 3.40. The molecule has 0 saturated heterocycles. The molecule has 19 heavy (non-hydrogen) atoms. The van der Waals surface area contributed by atoms with Crippen molar-refractivity contribution in [2.75, 3.05) is 12.4 Å². The van der Waals surface area contributed by atoms with Crippen LogP contribution >= 0.6 is 0 Å². The largest absolute Gasteiger partial charge is 0.371 e. The normalized spacial score (nSPS) is 16.5. The van der Waals surface area contributed by atoms with E-state index in [1.807, 2.05) is 6.07 Å². The lowest BCUT2D eigenvalue weighted by molar-refractivity contribution is 0.383. The van der Waals surface area contributed by atoms with E-state index in [4.69, 9.17) is 0 Å². The number of hydrogen-bond acceptors (Lipinski definition) is 4. The van der Waals surface area contributed by atoms with Crippen molar-refractivity contribution in [3.8, 4) is 0 Å². The zero-order valence-electron chi connectivity index (χ0n) is 10.6. The van der Waals surface area contributed by atoms with Crippen LogP contribution in [0.4, 0.5) is 5.82 Å². The Hall–Kier alpha value is -1.60. The number of nitrogens with zero attached hydrogens (tertiary/aromatic N) is 2. The van der Waals surface area contributed by atoms with Gasteiger partial charge in [0.2, 0.25) is 0 Å². The van der Waals surface area contributed by atoms with Crippen LogP contribution in [0.1, 0.15) is 19.3 Å². The summed E-state index contributed by atoms with van der Waals surface area (Å²) in [5.74, 6) is 0.373. The van der Waals surface area contributed by atoms with Crippen LogP contribution in [0.15, 0.2) is 29.4 Å². The second-order valence-corrected chi connectivity index (χ2v) is 6.32. The standard InChI is InChI=1S/C12H16N4O2S/c1-13-11-12(16-8-3-2-7-10(16)14-11)19(17,18)15-9-5-4-6-9/h2-3,7-9,13,15H,4-6H2,1H3. The van der Waals surface area contributed by atoms with Crippen molar-refractivity contribution < 1.29 is 8.42 Å². The number of nitrogens with one attached hydrogen (secondary N) is 2. The first kappa shape index (κ1) is 12.4. The first-order valence-electron chi connectivity index (χ1n) is 6.29. The number of rotatable bonds is 4. The number of imidazole rings is 1. The van der Waals surface area contributed by atoms with E-state index in [0.29, 0.717) is 11.5 Å². The van der Waals surface area contributed by atoms with Crippen molar-refractivity contribution in [3.05, 3.63) is 24.4 Å². The molecule has 0 spiro atoms. The topological polar surface area (TPSA) is 75.5 Å². The van der Waals surface area contributed by atoms with E-state index in [0.717, 1.165) is 19.3 Å². The molecule has 1 fully saturated rings. The molecular weight excluding hydrogens is 264 g/mol. The molecule has 1 saturated carbocycles. The molecule has 7 heteroatoms. The van der Waals surface area contributed by atoms with Crippen LogP contribution in [0.5, 0.6) is 0 Å². The molecule has 1 aliphatic carbocycles. The maximum Gasteiger partial charge on any atom is 0.260 e. The van der Waals surface area contributed by atoms with Gasteiger partial charge in [0.1, 0.15) is 5.65 Å². The van der Waals surface area contributed by atoms with Crippen LogP contribution in [0.25, 0.3) is 5.65 Å². The molecule has 0 bridgehead atoms. The fourth-order valence-electron chi connectivity index (χ4n) is 2.19. The molecule has 102 valence electrons. The monoisotopic (exact) mass is 280 g/mol. The molecule has 0 unspecified atom stereocenters. The van der Waals surface area contributed by atoms with Crippen LogP contribution in [-0.4, -0.2) is 30.9 Å². The Balaban J connectivity index is 2.11. The minimum atomic E-state index is -3.56. The molecule has 1 aliphatic rings. The highest BCUT2D eigenvalue weighted by atomic mass is 32.2. The van der Waals surface area contributed by atoms with Gasteiger partial charge in [0.25, 0.3) is 10.0 Å². The van der Waals surface area contributed by atoms with E-state index < -0.39 is 10.0 Å². The molecule has 2 heterocycles. The number of aromatic nitrogens is 2. The highest BCUT2D eigenvalue weighted by Gasteiger charge is 2.29. The van der Waals surface area contributed by atoms with E-state index in [1.54, 1.807) is 29.8 Å². The Morgan fingerprint density at radius 3 is 2.79 bits per heavy atom. The van der Waals surface area contributed by atoms with Gasteiger partial charge in [-0.05, 0) is 25.0 Å². The maximum absolute atomic E-state index is 12.5. The lowest BCUT2D eigenvalue weighted by Crippen LogP contribution is -2.40. The summed E-state index contributed by atoms with van der Waals surface area (Å²) in [6.07, 6.45) is 4.60. The van der Waals surface area contributed by atoms with Crippen molar-refractivity contribution in [2.24, 2.45) is 0 Å². The summed E-state index contributed by atoms with van der Waals surface area (Å²) in [7, 11) is -1.89. The summed E-state index contributed by atoms with van der Waals surface area (Å²) in [6, 6.07) is 5.46. The molecule has 2 aromatic rings. The molecule has 3 rings (SSSR count). The van der Waals surface area contributed by atoms with Crippen LogP contribution in [-0.2, 0) is 10.0 Å². The van der Waals surface area contributed by atoms with E-state index >= 15 is 0 Å². The third kappa shape index (κ3) is 2.08. The van der Waals surface area contributed by atoms with Crippen LogP contribution in [0.3, 0.4) is 0 Å². The minimum absolute atomic E-state index is 0.0592. The lowest BCUT2D eigenvalue weighted by Gasteiger charge is -2.26. The van der Waals surface area contributed by atoms with Crippen molar-refractivity contribution in [1.82, 2.24) is 14.1 Å². The van der Waals surface area contributed by atoms with Crippen molar-refractivity contribution in [1.29, 1.82) is 0 Å². The highest BCUT2D eigenvalue weighted by molar-refractivity contribution is 7.89. The molecule has 0 aliphatic heterocycles. The number of hydrogen-bond donors (Lipinski definition) is 2. The fourth-order valence-corrected chi connectivity index (χ4v) is 3.80. The highest BCUT2D eigenvalue weighted by Crippen LogP contribution is 2.25. The Labute approximate surface area is 111 Å². The zero-order valence-corrected chi connectivity index (χ0v) is 11.4. The van der Waals surface area contributed by atoms with Gasteiger partial charge in [0, 0.05) is 19.3 Å². The maximum atomic E-state index is 12.5. The summed E-state index contributed by atoms with van der Waals surface area (Å²) in [4.78, 5) is 4.28. The lowest BCUT2D eigenvalue weighted by atomic mass is 9.94. The second-order valence-electron chi connectivity index (χ2n) is 4.69. The van der Waals surface area contributed by atoms with Crippen LogP contribution < -0.4 is 10.0 Å². The fraction of sp³-hybridized carbons (Fsp3) is 0.417. The summed E-state index contributed by atoms with van der Waals surface area (Å²) in [6.45, 7) is 0. The number of sulfonamides is 1. The minimum Gasteiger partial charge on any atom is -0.371 e. The third-order valence-corrected chi connectivity index (χ3v) is 4.95. The SMILES string of the molecule is CNc1nc2ccccn2c1S(=O)(=O)NC1CCC1. The Morgan fingerprint density at radius 1 is 1.37 bits per heavy atom. The Bertz CT molecular complexity index is 704. The van der Waals surface area contributed by atoms with Crippen molar-refractivity contribution >= 4 is 21.5 Å². The van der Waals surface area contributed by atoms with Gasteiger partial charge in [-0.15, -0.1) is 0 Å². The Morgan fingerprint density at radius 2 is 2.16 bits per heavy atom. The molecule has 0 aromatic carbocycles. The van der Waals surface area contributed by atoms with Gasteiger partial charge in [-0.2, -0.15) is 0 Å². The van der Waals surface area contributed by atoms with Gasteiger partial charge in [-0.25, -0.2) is 18.1 Å². The average molecular weight is 280 g/mol. The van der Waals surface area contributed by atoms with Gasteiger partial charge in [-0.1, -0.05) is 12.5 Å². The van der Waals surface area contributed by atoms with Crippen molar-refractivity contribution in [3.63, 3.8) is 0 Å². The molecule has 6 nitrogen and oxygen atoms in total. The summed E-state index contributed by atoms with van der Waals surface area (Å²) >= 11 is 0. The van der Waals surface area contributed by atoms with E-state index in [-0.39, 0.29) is 11.1 Å². The molecule has 0 amide bonds. The Kier molecular flexibility index (Phi) is 2.94. The van der Waals surface area contributed by atoms with Crippen LogP contribution in [0.2, 0.25) is 0 Å². The molecular formula is C12H16N4O2S. The zero-order chi connectivity index (χ0) is 13.5. The molecule has 0 radical (unpaired) electrons. The average Bonchev–Trinajstić information content (AvgIpc) is 2.73. The molecule has 0 atom stereocenters. The number of fused-ring (bicyclic) bond motifs is 1. The van der Waals surface area contributed by atoms with Gasteiger partial charge in [-0.3, -0.25) is 4.40 Å². The van der Waals surface area contributed by atoms with Gasteiger partial charge in [0.15, 0.2) is 10.8 Å². The van der Waals surface area contributed by atoms with E-state index in [1.165, 1.54) is 0 Å². The first-order valence-corrected chi connectivity index (χ1v) is 7.77. The molecule has 2 N–H and O–H groups in total.